The van der Waals surface area contributed by atoms with E-state index < -0.39 is 4.92 Å². The lowest BCUT2D eigenvalue weighted by Crippen LogP contribution is -2.50. The lowest BCUT2D eigenvalue weighted by atomic mass is 10.3. The van der Waals surface area contributed by atoms with Crippen LogP contribution in [-0.4, -0.2) is 51.1 Å². The van der Waals surface area contributed by atoms with E-state index in [1.165, 1.54) is 18.2 Å². The van der Waals surface area contributed by atoms with Crippen LogP contribution >= 0.6 is 39.7 Å². The van der Waals surface area contributed by atoms with Crippen molar-refractivity contribution in [2.75, 3.05) is 36.4 Å². The number of nitrogens with zero attached hydrogens (tertiary/aromatic N) is 5. The van der Waals surface area contributed by atoms with E-state index in [-0.39, 0.29) is 5.69 Å². The fourth-order valence-electron chi connectivity index (χ4n) is 2.50. The van der Waals surface area contributed by atoms with Gasteiger partial charge in [0, 0.05) is 50.7 Å². The number of benzene rings is 1. The van der Waals surface area contributed by atoms with Gasteiger partial charge in [0.05, 0.1) is 20.1 Å². The summed E-state index contributed by atoms with van der Waals surface area (Å²) >= 11 is 14.9. The van der Waals surface area contributed by atoms with Gasteiger partial charge in [-0.3, -0.25) is 10.1 Å². The minimum absolute atomic E-state index is 0.0445. The minimum atomic E-state index is -0.471. The quantitative estimate of drug-likeness (QED) is 0.427. The average molecular weight is 458 g/mol. The summed E-state index contributed by atoms with van der Waals surface area (Å²) in [6.45, 7) is 2.79. The molecule has 0 bridgehead atoms. The van der Waals surface area contributed by atoms with Gasteiger partial charge in [-0.1, -0.05) is 11.6 Å². The van der Waals surface area contributed by atoms with Crippen LogP contribution in [-0.2, 0) is 0 Å². The molecule has 2 aromatic rings. The number of thiocarbonyl (C=S) groups is 1. The Morgan fingerprint density at radius 3 is 2.54 bits per heavy atom. The molecule has 8 nitrogen and oxygen atoms in total. The highest BCUT2D eigenvalue weighted by Gasteiger charge is 2.21. The van der Waals surface area contributed by atoms with Crippen LogP contribution in [0.2, 0.25) is 5.02 Å². The Bertz CT molecular complexity index is 829. The van der Waals surface area contributed by atoms with Gasteiger partial charge in [0.15, 0.2) is 5.11 Å². The van der Waals surface area contributed by atoms with E-state index in [0.717, 1.165) is 4.47 Å². The highest BCUT2D eigenvalue weighted by molar-refractivity contribution is 9.10. The van der Waals surface area contributed by atoms with Gasteiger partial charge in [-0.15, -0.1) is 0 Å². The molecule has 1 aromatic carbocycles. The number of rotatable bonds is 3. The van der Waals surface area contributed by atoms with Crippen LogP contribution in [0.4, 0.5) is 17.3 Å². The van der Waals surface area contributed by atoms with Gasteiger partial charge in [-0.2, -0.15) is 0 Å². The van der Waals surface area contributed by atoms with Crippen LogP contribution in [0.3, 0.4) is 0 Å². The lowest BCUT2D eigenvalue weighted by molar-refractivity contribution is -0.384. The molecular formula is C15H14BrClN6O2S. The molecule has 0 radical (unpaired) electrons. The molecule has 1 aliphatic rings. The Balaban J connectivity index is 1.61. The summed E-state index contributed by atoms with van der Waals surface area (Å²) in [5.74, 6) is 0.674. The Morgan fingerprint density at radius 1 is 1.27 bits per heavy atom. The lowest BCUT2D eigenvalue weighted by Gasteiger charge is -2.36. The fourth-order valence-corrected chi connectivity index (χ4v) is 3.16. The molecule has 0 spiro atoms. The zero-order valence-electron chi connectivity index (χ0n) is 13.4. The van der Waals surface area contributed by atoms with Gasteiger partial charge >= 0.3 is 0 Å². The highest BCUT2D eigenvalue weighted by Crippen LogP contribution is 2.27. The summed E-state index contributed by atoms with van der Waals surface area (Å²) in [6, 6.07) is 4.21. The van der Waals surface area contributed by atoms with Crippen molar-refractivity contribution in [3.63, 3.8) is 0 Å². The Hall–Kier alpha value is -2.04. The van der Waals surface area contributed by atoms with Crippen LogP contribution in [0.15, 0.2) is 35.1 Å². The standard InChI is InChI=1S/C15H14BrClN6O2S/c16-10-8-18-14(19-9-10)21-3-5-22(6-4-21)15(26)20-13-7-11(23(24)25)1-2-12(13)17/h1-2,7-9H,3-6H2,(H,20,26). The maximum Gasteiger partial charge on any atom is 0.271 e. The molecule has 0 aliphatic carbocycles. The van der Waals surface area contributed by atoms with Crippen molar-refractivity contribution < 1.29 is 4.92 Å². The molecule has 0 atom stereocenters. The van der Waals surface area contributed by atoms with Gasteiger partial charge in [0.1, 0.15) is 0 Å². The zero-order valence-corrected chi connectivity index (χ0v) is 16.6. The Labute approximate surface area is 168 Å². The fraction of sp³-hybridized carbons (Fsp3) is 0.267. The van der Waals surface area contributed by atoms with E-state index in [2.05, 4.69) is 36.1 Å². The van der Waals surface area contributed by atoms with Gasteiger partial charge in [-0.25, -0.2) is 9.97 Å². The van der Waals surface area contributed by atoms with Gasteiger partial charge in [0.2, 0.25) is 5.95 Å². The molecule has 26 heavy (non-hydrogen) atoms. The number of hydrogen-bond acceptors (Lipinski definition) is 6. The summed E-state index contributed by atoms with van der Waals surface area (Å²) in [7, 11) is 0. The Kier molecular flexibility index (Phi) is 5.84. The van der Waals surface area contributed by atoms with Crippen molar-refractivity contribution in [2.45, 2.75) is 0 Å². The normalized spacial score (nSPS) is 14.2. The van der Waals surface area contributed by atoms with Crippen LogP contribution in [0.5, 0.6) is 0 Å². The SMILES string of the molecule is O=[N+]([O-])c1ccc(Cl)c(NC(=S)N2CCN(c3ncc(Br)cn3)CC2)c1. The van der Waals surface area contributed by atoms with Crippen molar-refractivity contribution in [1.82, 2.24) is 14.9 Å². The number of piperazine rings is 1. The summed E-state index contributed by atoms with van der Waals surface area (Å²) in [5.41, 5.74) is 0.376. The summed E-state index contributed by atoms with van der Waals surface area (Å²) in [6.07, 6.45) is 3.43. The molecule has 2 heterocycles. The first kappa shape index (κ1) is 18.7. The molecule has 0 amide bonds. The van der Waals surface area contributed by atoms with E-state index in [1.54, 1.807) is 12.4 Å². The van der Waals surface area contributed by atoms with Crippen LogP contribution in [0.25, 0.3) is 0 Å². The molecule has 0 saturated carbocycles. The third-order valence-electron chi connectivity index (χ3n) is 3.86. The van der Waals surface area contributed by atoms with Crippen molar-refractivity contribution in [3.05, 3.63) is 50.2 Å². The molecule has 136 valence electrons. The van der Waals surface area contributed by atoms with E-state index >= 15 is 0 Å². The molecule has 1 N–H and O–H groups in total. The van der Waals surface area contributed by atoms with Crippen molar-refractivity contribution in [3.8, 4) is 0 Å². The molecule has 1 aliphatic heterocycles. The molecule has 1 saturated heterocycles. The van der Waals surface area contributed by atoms with Crippen molar-refractivity contribution in [1.29, 1.82) is 0 Å². The number of nitro groups is 1. The molecule has 11 heteroatoms. The van der Waals surface area contributed by atoms with E-state index in [0.29, 0.717) is 47.9 Å². The number of aromatic nitrogens is 2. The smallest absolute Gasteiger partial charge is 0.271 e. The first-order valence-electron chi connectivity index (χ1n) is 7.66. The van der Waals surface area contributed by atoms with Crippen LogP contribution < -0.4 is 10.2 Å². The second-order valence-electron chi connectivity index (χ2n) is 5.53. The minimum Gasteiger partial charge on any atom is -0.345 e. The second kappa shape index (κ2) is 8.11. The number of nitrogens with one attached hydrogen (secondary N) is 1. The number of anilines is 2. The summed E-state index contributed by atoms with van der Waals surface area (Å²) < 4.78 is 0.832. The van der Waals surface area contributed by atoms with Crippen molar-refractivity contribution >= 4 is 62.2 Å². The summed E-state index contributed by atoms with van der Waals surface area (Å²) in [4.78, 5) is 23.1. The van der Waals surface area contributed by atoms with E-state index in [4.69, 9.17) is 23.8 Å². The first-order chi connectivity index (χ1) is 12.4. The van der Waals surface area contributed by atoms with Crippen molar-refractivity contribution in [2.24, 2.45) is 0 Å². The summed E-state index contributed by atoms with van der Waals surface area (Å²) in [5, 5.41) is 14.8. The molecule has 1 fully saturated rings. The number of hydrogen-bond donors (Lipinski definition) is 1. The predicted octanol–water partition coefficient (Wildman–Crippen LogP) is 3.32. The highest BCUT2D eigenvalue weighted by atomic mass is 79.9. The maximum absolute atomic E-state index is 10.9. The molecule has 1 aromatic heterocycles. The number of halogens is 2. The first-order valence-corrected chi connectivity index (χ1v) is 9.24. The maximum atomic E-state index is 10.9. The third kappa shape index (κ3) is 4.37. The molecule has 3 rings (SSSR count). The molecular weight excluding hydrogens is 444 g/mol. The number of non-ortho nitro benzene ring substituents is 1. The number of nitro benzene ring substituents is 1. The largest absolute Gasteiger partial charge is 0.345 e. The van der Waals surface area contributed by atoms with E-state index in [9.17, 15) is 10.1 Å². The van der Waals surface area contributed by atoms with Crippen LogP contribution in [0.1, 0.15) is 0 Å². The monoisotopic (exact) mass is 456 g/mol. The molecule has 0 unspecified atom stereocenters. The third-order valence-corrected chi connectivity index (χ3v) is 4.96. The van der Waals surface area contributed by atoms with Gasteiger partial charge < -0.3 is 15.1 Å². The van der Waals surface area contributed by atoms with Gasteiger partial charge in [-0.05, 0) is 34.2 Å². The van der Waals surface area contributed by atoms with Gasteiger partial charge in [0.25, 0.3) is 5.69 Å². The van der Waals surface area contributed by atoms with Crippen LogP contribution in [0, 0.1) is 10.1 Å². The predicted molar refractivity (Wildman–Crippen MR) is 108 cm³/mol. The van der Waals surface area contributed by atoms with E-state index in [1.807, 2.05) is 4.90 Å². The topological polar surface area (TPSA) is 87.4 Å². The second-order valence-corrected chi connectivity index (χ2v) is 7.24. The Morgan fingerprint density at radius 2 is 1.92 bits per heavy atom. The average Bonchev–Trinajstić information content (AvgIpc) is 2.64. The zero-order chi connectivity index (χ0) is 18.7.